The fourth-order valence-corrected chi connectivity index (χ4v) is 2.66. The normalized spacial score (nSPS) is 10.8. The van der Waals surface area contributed by atoms with Crippen molar-refractivity contribution < 1.29 is 14.3 Å². The molecule has 0 radical (unpaired) electrons. The summed E-state index contributed by atoms with van der Waals surface area (Å²) in [6.45, 7) is 6.25. The zero-order valence-corrected chi connectivity index (χ0v) is 15.9. The highest BCUT2D eigenvalue weighted by molar-refractivity contribution is 7.99. The van der Waals surface area contributed by atoms with E-state index in [0.717, 1.165) is 0 Å². The molecule has 140 valence electrons. The summed E-state index contributed by atoms with van der Waals surface area (Å²) < 4.78 is 6.55. The minimum Gasteiger partial charge on any atom is -0.462 e. The van der Waals surface area contributed by atoms with Crippen molar-refractivity contribution in [3.8, 4) is 0 Å². The number of amides is 1. The Morgan fingerprint density at radius 2 is 1.96 bits per heavy atom. The molecule has 1 aromatic carbocycles. The third-order valence-corrected chi connectivity index (χ3v) is 4.28. The van der Waals surface area contributed by atoms with Gasteiger partial charge in [-0.15, -0.1) is 10.2 Å². The molecule has 0 saturated carbocycles. The number of esters is 1. The van der Waals surface area contributed by atoms with E-state index in [4.69, 9.17) is 10.6 Å². The molecule has 0 fully saturated rings. The largest absolute Gasteiger partial charge is 0.462 e. The lowest BCUT2D eigenvalue weighted by Crippen LogP contribution is -2.17. The monoisotopic (exact) mass is 377 g/mol. The van der Waals surface area contributed by atoms with E-state index in [-0.39, 0.29) is 23.5 Å². The number of hydrogen-bond donors (Lipinski definition) is 2. The summed E-state index contributed by atoms with van der Waals surface area (Å²) in [6.07, 6.45) is 0.669. The number of ether oxygens (including phenoxy) is 1. The van der Waals surface area contributed by atoms with Gasteiger partial charge in [-0.05, 0) is 30.2 Å². The number of aromatic nitrogens is 3. The molecule has 0 bridgehead atoms. The van der Waals surface area contributed by atoms with Gasteiger partial charge in [0.1, 0.15) is 0 Å². The van der Waals surface area contributed by atoms with Crippen molar-refractivity contribution >= 4 is 29.3 Å². The highest BCUT2D eigenvalue weighted by atomic mass is 32.2. The van der Waals surface area contributed by atoms with Gasteiger partial charge in [-0.3, -0.25) is 4.79 Å². The van der Waals surface area contributed by atoms with E-state index < -0.39 is 0 Å². The quantitative estimate of drug-likeness (QED) is 0.411. The third kappa shape index (κ3) is 5.48. The maximum atomic E-state index is 12.0. The van der Waals surface area contributed by atoms with E-state index in [1.165, 1.54) is 16.4 Å². The average molecular weight is 377 g/mol. The Kier molecular flexibility index (Phi) is 7.02. The predicted molar refractivity (Wildman–Crippen MR) is 100 cm³/mol. The van der Waals surface area contributed by atoms with Gasteiger partial charge >= 0.3 is 5.97 Å². The van der Waals surface area contributed by atoms with Crippen LogP contribution in [0.3, 0.4) is 0 Å². The van der Waals surface area contributed by atoms with Gasteiger partial charge in [0.25, 0.3) is 0 Å². The molecule has 8 nitrogen and oxygen atoms in total. The zero-order valence-electron chi connectivity index (χ0n) is 15.1. The minimum absolute atomic E-state index is 0.150. The number of nitrogens with two attached hydrogens (primary N) is 1. The Balaban J connectivity index is 1.85. The Morgan fingerprint density at radius 1 is 1.27 bits per heavy atom. The molecule has 0 aliphatic rings. The number of carbonyl (C=O) groups excluding carboxylic acids is 2. The average Bonchev–Trinajstić information content (AvgIpc) is 2.98. The number of nitrogen functional groups attached to an aromatic ring is 1. The first-order valence-electron chi connectivity index (χ1n) is 8.30. The maximum absolute atomic E-state index is 12.0. The smallest absolute Gasteiger partial charge is 0.338 e. The minimum atomic E-state index is -0.374. The number of benzene rings is 1. The summed E-state index contributed by atoms with van der Waals surface area (Å²) in [4.78, 5) is 23.9. The first kappa shape index (κ1) is 19.8. The summed E-state index contributed by atoms with van der Waals surface area (Å²) in [5.41, 5.74) is 1.04. The number of nitrogens with one attached hydrogen (secondary N) is 1. The number of nitrogens with zero attached hydrogens (tertiary/aromatic N) is 3. The van der Waals surface area contributed by atoms with Gasteiger partial charge < -0.3 is 15.9 Å². The van der Waals surface area contributed by atoms with Crippen LogP contribution in [0.5, 0.6) is 0 Å². The lowest BCUT2D eigenvalue weighted by molar-refractivity contribution is -0.113. The molecule has 2 rings (SSSR count). The van der Waals surface area contributed by atoms with E-state index in [1.807, 2.05) is 20.8 Å². The van der Waals surface area contributed by atoms with Gasteiger partial charge in [0.05, 0.1) is 17.9 Å². The van der Waals surface area contributed by atoms with E-state index in [1.54, 1.807) is 24.3 Å². The fraction of sp³-hybridized carbons (Fsp3) is 0.412. The van der Waals surface area contributed by atoms with Crippen LogP contribution >= 0.6 is 11.8 Å². The van der Waals surface area contributed by atoms with Crippen molar-refractivity contribution in [2.75, 3.05) is 23.5 Å². The molecule has 0 saturated heterocycles. The second kappa shape index (κ2) is 9.23. The van der Waals surface area contributed by atoms with Crippen molar-refractivity contribution in [2.45, 2.75) is 32.3 Å². The lowest BCUT2D eigenvalue weighted by Gasteiger charge is -2.08. The van der Waals surface area contributed by atoms with Crippen LogP contribution in [0.2, 0.25) is 0 Å². The van der Waals surface area contributed by atoms with E-state index in [9.17, 15) is 9.59 Å². The van der Waals surface area contributed by atoms with E-state index >= 15 is 0 Å². The molecule has 0 aliphatic heterocycles. The van der Waals surface area contributed by atoms with Crippen LogP contribution < -0.4 is 11.2 Å². The van der Waals surface area contributed by atoms with E-state index in [2.05, 4.69) is 15.5 Å². The molecule has 1 aromatic heterocycles. The van der Waals surface area contributed by atoms with Crippen LogP contribution in [-0.2, 0) is 16.0 Å². The number of thioether (sulfide) groups is 1. The first-order chi connectivity index (χ1) is 12.4. The summed E-state index contributed by atoms with van der Waals surface area (Å²) >= 11 is 1.21. The van der Waals surface area contributed by atoms with Crippen LogP contribution in [0, 0.1) is 5.92 Å². The second-order valence-corrected chi connectivity index (χ2v) is 6.97. The molecule has 0 atom stereocenters. The molecular weight excluding hydrogens is 354 g/mol. The molecule has 26 heavy (non-hydrogen) atoms. The Hall–Kier alpha value is -2.55. The summed E-state index contributed by atoms with van der Waals surface area (Å²) in [6, 6.07) is 6.56. The third-order valence-electron chi connectivity index (χ3n) is 3.34. The van der Waals surface area contributed by atoms with Crippen LogP contribution in [0.25, 0.3) is 0 Å². The molecule has 1 amide bonds. The first-order valence-corrected chi connectivity index (χ1v) is 9.28. The van der Waals surface area contributed by atoms with Crippen molar-refractivity contribution in [3.63, 3.8) is 0 Å². The van der Waals surface area contributed by atoms with Crippen molar-refractivity contribution in [3.05, 3.63) is 35.7 Å². The van der Waals surface area contributed by atoms with Gasteiger partial charge in [0.15, 0.2) is 5.82 Å². The number of carbonyl (C=O) groups is 2. The predicted octanol–water partition coefficient (Wildman–Crippen LogP) is 2.10. The number of hydrogen-bond acceptors (Lipinski definition) is 7. The van der Waals surface area contributed by atoms with Gasteiger partial charge in [-0.2, -0.15) is 0 Å². The van der Waals surface area contributed by atoms with Crippen molar-refractivity contribution in [1.82, 2.24) is 14.9 Å². The van der Waals surface area contributed by atoms with Crippen molar-refractivity contribution in [2.24, 2.45) is 5.92 Å². The SMILES string of the molecule is CCc1nnc(SCC(=O)Nc2ccc(C(=O)OCC(C)C)cc2)n1N. The highest BCUT2D eigenvalue weighted by Gasteiger charge is 2.12. The van der Waals surface area contributed by atoms with Gasteiger partial charge in [0.2, 0.25) is 11.1 Å². The number of anilines is 1. The van der Waals surface area contributed by atoms with Gasteiger partial charge in [-0.1, -0.05) is 32.5 Å². The van der Waals surface area contributed by atoms with Crippen LogP contribution in [0.15, 0.2) is 29.4 Å². The van der Waals surface area contributed by atoms with Crippen LogP contribution in [-0.4, -0.2) is 39.1 Å². The number of rotatable bonds is 8. The van der Waals surface area contributed by atoms with Gasteiger partial charge in [-0.25, -0.2) is 9.47 Å². The molecule has 3 N–H and O–H groups in total. The molecule has 1 heterocycles. The van der Waals surface area contributed by atoms with Crippen molar-refractivity contribution in [1.29, 1.82) is 0 Å². The topological polar surface area (TPSA) is 112 Å². The summed E-state index contributed by atoms with van der Waals surface area (Å²) in [7, 11) is 0. The molecule has 0 unspecified atom stereocenters. The Bertz CT molecular complexity index is 758. The van der Waals surface area contributed by atoms with E-state index in [0.29, 0.717) is 35.3 Å². The summed E-state index contributed by atoms with van der Waals surface area (Å²) in [5.74, 6) is 6.35. The summed E-state index contributed by atoms with van der Waals surface area (Å²) in [5, 5.41) is 11.1. The lowest BCUT2D eigenvalue weighted by atomic mass is 10.2. The second-order valence-electron chi connectivity index (χ2n) is 6.03. The standard InChI is InChI=1S/C17H23N5O3S/c1-4-14-20-21-17(22(14)18)26-10-15(23)19-13-7-5-12(6-8-13)16(24)25-9-11(2)3/h5-8,11H,4,9-10,18H2,1-3H3,(H,19,23). The highest BCUT2D eigenvalue weighted by Crippen LogP contribution is 2.16. The van der Waals surface area contributed by atoms with Crippen LogP contribution in [0.4, 0.5) is 5.69 Å². The zero-order chi connectivity index (χ0) is 19.1. The molecule has 0 spiro atoms. The molecule has 9 heteroatoms. The Labute approximate surface area is 156 Å². The van der Waals surface area contributed by atoms with Gasteiger partial charge in [0, 0.05) is 12.1 Å². The molecule has 2 aromatic rings. The Morgan fingerprint density at radius 3 is 2.54 bits per heavy atom. The van der Waals surface area contributed by atoms with Crippen LogP contribution in [0.1, 0.15) is 37.0 Å². The molecular formula is C17H23N5O3S. The maximum Gasteiger partial charge on any atom is 0.338 e. The molecule has 0 aliphatic carbocycles. The number of aryl methyl sites for hydroxylation is 1. The fourth-order valence-electron chi connectivity index (χ4n) is 1.99.